The van der Waals surface area contributed by atoms with Crippen LogP contribution in [0, 0.1) is 0 Å². The minimum absolute atomic E-state index is 0. The number of hydrogen-bond donors (Lipinski definition) is 1. The number of allylic oxidation sites excluding steroid dienone is 3. The fraction of sp³-hybridized carbons (Fsp3) is 0.250. The maximum absolute atomic E-state index is 6.08. The lowest BCUT2D eigenvalue weighted by atomic mass is 9.68. The summed E-state index contributed by atoms with van der Waals surface area (Å²) in [5.41, 5.74) is 5.74. The van der Waals surface area contributed by atoms with Gasteiger partial charge in [-0.25, -0.2) is 0 Å². The van der Waals surface area contributed by atoms with Crippen molar-refractivity contribution in [3.05, 3.63) is 64.9 Å². The van der Waals surface area contributed by atoms with Gasteiger partial charge in [0.25, 0.3) is 0 Å². The van der Waals surface area contributed by atoms with Crippen LogP contribution in [-0.2, 0) is 14.0 Å². The van der Waals surface area contributed by atoms with Crippen LogP contribution in [0.3, 0.4) is 0 Å². The molecule has 3 aliphatic rings. The molecule has 0 unspecified atom stereocenters. The Bertz CT molecular complexity index is 657. The van der Waals surface area contributed by atoms with Gasteiger partial charge in [0.05, 0.1) is 12.9 Å². The summed E-state index contributed by atoms with van der Waals surface area (Å²) in [7, 11) is 1.60. The van der Waals surface area contributed by atoms with Crippen LogP contribution in [0.5, 0.6) is 0 Å². The van der Waals surface area contributed by atoms with Crippen LogP contribution in [0.1, 0.15) is 5.56 Å². The molecule has 4 rings (SSSR count). The molecule has 1 aromatic carbocycles. The summed E-state index contributed by atoms with van der Waals surface area (Å²) in [5, 5.41) is 3.23. The zero-order valence-electron chi connectivity index (χ0n) is 12.2. The average Bonchev–Trinajstić information content (AvgIpc) is 2.81. The van der Waals surface area contributed by atoms with Crippen molar-refractivity contribution in [3.8, 4) is 0 Å². The number of ether oxygens (including phenoxy) is 1. The van der Waals surface area contributed by atoms with E-state index in [1.54, 1.807) is 6.26 Å². The second-order valence-electron chi connectivity index (χ2n) is 5.27. The van der Waals surface area contributed by atoms with Crippen LogP contribution >= 0.6 is 12.4 Å². The molecular formula is C16H17BClNO3. The standard InChI is InChI=1S/C16H16BNO3.ClH/c1-18-16-14(11-5-3-2-4-6-11)13-7-8-19-9-12-10-20-17(21-16)15(12)13;/h2-8,16,18H,9-10H2,1H3;1H/t16-;/m0./s1. The van der Waals surface area contributed by atoms with E-state index < -0.39 is 0 Å². The van der Waals surface area contributed by atoms with Gasteiger partial charge in [0.2, 0.25) is 0 Å². The fourth-order valence-electron chi connectivity index (χ4n) is 3.11. The summed E-state index contributed by atoms with van der Waals surface area (Å²) in [6, 6.07) is 10.3. The lowest BCUT2D eigenvalue weighted by Gasteiger charge is -2.31. The van der Waals surface area contributed by atoms with E-state index in [4.69, 9.17) is 14.0 Å². The number of rotatable bonds is 2. The molecule has 0 amide bonds. The SMILES string of the molecule is CN[C@H]1OB2OCC3=C2C(=C1c1ccccc1)C=COC3.Cl. The first-order chi connectivity index (χ1) is 10.4. The third-order valence-corrected chi connectivity index (χ3v) is 4.06. The van der Waals surface area contributed by atoms with Crippen LogP contribution in [0.25, 0.3) is 5.57 Å². The van der Waals surface area contributed by atoms with Crippen molar-refractivity contribution >= 4 is 25.1 Å². The topological polar surface area (TPSA) is 39.7 Å². The highest BCUT2D eigenvalue weighted by molar-refractivity contribution is 6.57. The molecule has 0 radical (unpaired) electrons. The lowest BCUT2D eigenvalue weighted by Crippen LogP contribution is -2.41. The maximum Gasteiger partial charge on any atom is 0.496 e. The van der Waals surface area contributed by atoms with E-state index in [1.165, 1.54) is 5.57 Å². The summed E-state index contributed by atoms with van der Waals surface area (Å²) < 4.78 is 17.4. The highest BCUT2D eigenvalue weighted by Crippen LogP contribution is 2.40. The number of halogens is 1. The molecule has 3 heterocycles. The summed E-state index contributed by atoms with van der Waals surface area (Å²) >= 11 is 0. The van der Waals surface area contributed by atoms with Gasteiger partial charge in [-0.15, -0.1) is 12.4 Å². The van der Waals surface area contributed by atoms with Crippen molar-refractivity contribution in [2.45, 2.75) is 6.23 Å². The predicted molar refractivity (Wildman–Crippen MR) is 88.4 cm³/mol. The Morgan fingerprint density at radius 2 is 2.00 bits per heavy atom. The molecule has 0 aliphatic carbocycles. The average molecular weight is 318 g/mol. The fourth-order valence-corrected chi connectivity index (χ4v) is 3.11. The van der Waals surface area contributed by atoms with Gasteiger partial charge in [-0.1, -0.05) is 30.3 Å². The van der Waals surface area contributed by atoms with Gasteiger partial charge < -0.3 is 14.0 Å². The highest BCUT2D eigenvalue weighted by Gasteiger charge is 2.43. The Balaban J connectivity index is 0.00000144. The Hall–Kier alpha value is -1.53. The third-order valence-electron chi connectivity index (χ3n) is 4.06. The first kappa shape index (κ1) is 15.4. The van der Waals surface area contributed by atoms with Crippen LogP contribution in [-0.4, -0.2) is 33.6 Å². The van der Waals surface area contributed by atoms with Crippen molar-refractivity contribution in [1.29, 1.82) is 0 Å². The number of likely N-dealkylation sites (N-methyl/N-ethyl adjacent to an activating group) is 1. The molecule has 1 atom stereocenters. The molecule has 0 saturated heterocycles. The summed E-state index contributed by atoms with van der Waals surface area (Å²) in [5.74, 6) is 0. The lowest BCUT2D eigenvalue weighted by molar-refractivity contribution is 0.167. The van der Waals surface area contributed by atoms with Gasteiger partial charge >= 0.3 is 7.12 Å². The van der Waals surface area contributed by atoms with E-state index in [1.807, 2.05) is 31.3 Å². The number of nitrogens with one attached hydrogen (secondary N) is 1. The normalized spacial score (nSPS) is 23.0. The molecule has 1 N–H and O–H groups in total. The first-order valence-corrected chi connectivity index (χ1v) is 7.13. The number of hydrogen-bond acceptors (Lipinski definition) is 4. The van der Waals surface area contributed by atoms with Crippen LogP contribution in [0.15, 0.2) is 59.3 Å². The molecule has 1 aromatic rings. The largest absolute Gasteiger partial charge is 0.497 e. The van der Waals surface area contributed by atoms with E-state index in [0.29, 0.717) is 13.2 Å². The molecule has 4 nitrogen and oxygen atoms in total. The van der Waals surface area contributed by atoms with E-state index >= 15 is 0 Å². The van der Waals surface area contributed by atoms with E-state index in [-0.39, 0.29) is 25.8 Å². The molecule has 22 heavy (non-hydrogen) atoms. The van der Waals surface area contributed by atoms with Crippen molar-refractivity contribution in [1.82, 2.24) is 5.32 Å². The second kappa shape index (κ2) is 6.30. The van der Waals surface area contributed by atoms with E-state index in [0.717, 1.165) is 22.2 Å². The molecule has 6 heteroatoms. The molecule has 0 bridgehead atoms. The molecule has 0 spiro atoms. The molecule has 0 fully saturated rings. The highest BCUT2D eigenvalue weighted by atomic mass is 35.5. The molecule has 0 aromatic heterocycles. The van der Waals surface area contributed by atoms with Crippen molar-refractivity contribution in [3.63, 3.8) is 0 Å². The predicted octanol–water partition coefficient (Wildman–Crippen LogP) is 2.34. The van der Waals surface area contributed by atoms with Gasteiger partial charge in [-0.3, -0.25) is 5.32 Å². The number of benzene rings is 1. The monoisotopic (exact) mass is 317 g/mol. The molecule has 0 saturated carbocycles. The molecule has 3 aliphatic heterocycles. The van der Waals surface area contributed by atoms with Crippen LogP contribution < -0.4 is 5.32 Å². The van der Waals surface area contributed by atoms with Crippen molar-refractivity contribution < 1.29 is 14.0 Å². The van der Waals surface area contributed by atoms with Gasteiger partial charge in [-0.2, -0.15) is 0 Å². The minimum Gasteiger partial charge on any atom is -0.497 e. The minimum atomic E-state index is -0.300. The van der Waals surface area contributed by atoms with Gasteiger partial charge in [0.15, 0.2) is 0 Å². The summed E-state index contributed by atoms with van der Waals surface area (Å²) in [6.07, 6.45) is 3.60. The van der Waals surface area contributed by atoms with Gasteiger partial charge in [0.1, 0.15) is 12.8 Å². The van der Waals surface area contributed by atoms with Crippen molar-refractivity contribution in [2.75, 3.05) is 20.3 Å². The summed E-state index contributed by atoms with van der Waals surface area (Å²) in [4.78, 5) is 0. The summed E-state index contributed by atoms with van der Waals surface area (Å²) in [6.45, 7) is 1.14. The Kier molecular flexibility index (Phi) is 4.40. The third kappa shape index (κ3) is 2.40. The van der Waals surface area contributed by atoms with Crippen LogP contribution in [0.4, 0.5) is 0 Å². The first-order valence-electron chi connectivity index (χ1n) is 7.13. The Morgan fingerprint density at radius 3 is 2.77 bits per heavy atom. The Morgan fingerprint density at radius 1 is 1.18 bits per heavy atom. The molecular weight excluding hydrogens is 300 g/mol. The van der Waals surface area contributed by atoms with E-state index in [9.17, 15) is 0 Å². The molecule has 114 valence electrons. The zero-order valence-corrected chi connectivity index (χ0v) is 13.1. The van der Waals surface area contributed by atoms with Crippen LogP contribution in [0.2, 0.25) is 0 Å². The second-order valence-corrected chi connectivity index (χ2v) is 5.27. The van der Waals surface area contributed by atoms with Gasteiger partial charge in [-0.05, 0) is 35.3 Å². The van der Waals surface area contributed by atoms with Gasteiger partial charge in [0, 0.05) is 5.57 Å². The zero-order chi connectivity index (χ0) is 14.2. The maximum atomic E-state index is 6.08. The smallest absolute Gasteiger partial charge is 0.496 e. The quantitative estimate of drug-likeness (QED) is 0.850. The van der Waals surface area contributed by atoms with E-state index in [2.05, 4.69) is 17.4 Å². The van der Waals surface area contributed by atoms with Crippen molar-refractivity contribution in [2.24, 2.45) is 0 Å². The Labute approximate surface area is 136 Å².